The van der Waals surface area contributed by atoms with Crippen molar-refractivity contribution in [1.82, 2.24) is 16.0 Å². The molecule has 0 aliphatic heterocycles. The Morgan fingerprint density at radius 3 is 2.23 bits per heavy atom. The smallest absolute Gasteiger partial charge is 0.246 e. The third-order valence-electron chi connectivity index (χ3n) is 2.93. The Kier molecular flexibility index (Phi) is 7.63. The summed E-state index contributed by atoms with van der Waals surface area (Å²) in [5.74, 6) is -1.06. The summed E-state index contributed by atoms with van der Waals surface area (Å²) in [7, 11) is 2.99. The van der Waals surface area contributed by atoms with Crippen molar-refractivity contribution >= 4 is 17.7 Å². The molecule has 0 saturated heterocycles. The van der Waals surface area contributed by atoms with Gasteiger partial charge in [0.05, 0.1) is 0 Å². The van der Waals surface area contributed by atoms with Gasteiger partial charge in [-0.15, -0.1) is 0 Å². The van der Waals surface area contributed by atoms with Crippen LogP contribution in [0.4, 0.5) is 0 Å². The van der Waals surface area contributed by atoms with Crippen LogP contribution in [0.25, 0.3) is 0 Å². The van der Waals surface area contributed by atoms with Crippen molar-refractivity contribution in [2.24, 2.45) is 0 Å². The van der Waals surface area contributed by atoms with Crippen LogP contribution in [0.3, 0.4) is 0 Å². The molecule has 0 heterocycles. The van der Waals surface area contributed by atoms with Crippen LogP contribution in [0.5, 0.6) is 0 Å². The second-order valence-corrected chi connectivity index (χ2v) is 4.59. The van der Waals surface area contributed by atoms with Gasteiger partial charge in [-0.3, -0.25) is 14.4 Å². The van der Waals surface area contributed by atoms with Crippen molar-refractivity contribution in [3.8, 4) is 0 Å². The van der Waals surface area contributed by atoms with Crippen molar-refractivity contribution in [3.63, 3.8) is 0 Å². The zero-order chi connectivity index (χ0) is 16.4. The minimum Gasteiger partial charge on any atom is -0.362 e. The van der Waals surface area contributed by atoms with Crippen LogP contribution in [-0.2, 0) is 25.5 Å². The molecule has 0 fully saturated rings. The van der Waals surface area contributed by atoms with Crippen LogP contribution in [0.2, 0.25) is 0 Å². The number of likely N-dealkylation sites (N-methyl/N-ethyl adjacent to an activating group) is 2. The fraction of sp³-hybridized carbons (Fsp3) is 0.400. The number of ether oxygens (including phenoxy) is 1. The topological polar surface area (TPSA) is 96.5 Å². The van der Waals surface area contributed by atoms with E-state index in [0.717, 1.165) is 5.56 Å². The number of hydrogen-bond donors (Lipinski definition) is 3. The molecule has 1 aromatic carbocycles. The predicted octanol–water partition coefficient (Wildman–Crippen LogP) is -0.777. The van der Waals surface area contributed by atoms with Crippen LogP contribution in [0.15, 0.2) is 30.3 Å². The van der Waals surface area contributed by atoms with Gasteiger partial charge in [-0.2, -0.15) is 0 Å². The number of nitrogens with one attached hydrogen (secondary N) is 3. The van der Waals surface area contributed by atoms with E-state index in [9.17, 15) is 14.4 Å². The normalized spacial score (nSPS) is 11.4. The predicted molar refractivity (Wildman–Crippen MR) is 81.0 cm³/mol. The van der Waals surface area contributed by atoms with Gasteiger partial charge in [0.15, 0.2) is 0 Å². The van der Waals surface area contributed by atoms with E-state index in [4.69, 9.17) is 4.74 Å². The molecule has 3 N–H and O–H groups in total. The number of hydrogen-bond acceptors (Lipinski definition) is 4. The Bertz CT molecular complexity index is 505. The average Bonchev–Trinajstić information content (AvgIpc) is 2.54. The van der Waals surface area contributed by atoms with Gasteiger partial charge in [-0.05, 0) is 5.56 Å². The van der Waals surface area contributed by atoms with Crippen molar-refractivity contribution < 1.29 is 19.1 Å². The largest absolute Gasteiger partial charge is 0.362 e. The highest BCUT2D eigenvalue weighted by Crippen LogP contribution is 2.03. The molecule has 7 nitrogen and oxygen atoms in total. The molecule has 0 radical (unpaired) electrons. The standard InChI is InChI=1S/C15H21N3O4/c1-16-13(19)9-22-10-14(20)18-12(15(21)17-2)8-11-6-4-3-5-7-11/h3-7,12H,8-10H2,1-2H3,(H,16,19)(H,17,21)(H,18,20). The fourth-order valence-corrected chi connectivity index (χ4v) is 1.78. The number of carbonyl (C=O) groups is 3. The zero-order valence-electron chi connectivity index (χ0n) is 12.7. The number of amides is 3. The molecule has 1 aromatic rings. The summed E-state index contributed by atoms with van der Waals surface area (Å²) in [6.45, 7) is -0.483. The van der Waals surface area contributed by atoms with Gasteiger partial charge in [-0.25, -0.2) is 0 Å². The van der Waals surface area contributed by atoms with Crippen LogP contribution in [0.1, 0.15) is 5.56 Å². The minimum atomic E-state index is -0.691. The van der Waals surface area contributed by atoms with E-state index in [0.29, 0.717) is 6.42 Å². The molecular formula is C15H21N3O4. The third kappa shape index (κ3) is 6.36. The highest BCUT2D eigenvalue weighted by Gasteiger charge is 2.20. The Hall–Kier alpha value is -2.41. The Labute approximate surface area is 129 Å². The first-order valence-corrected chi connectivity index (χ1v) is 6.90. The molecule has 1 unspecified atom stereocenters. The van der Waals surface area contributed by atoms with E-state index in [1.54, 1.807) is 0 Å². The lowest BCUT2D eigenvalue weighted by atomic mass is 10.1. The van der Waals surface area contributed by atoms with Gasteiger partial charge in [0.25, 0.3) is 0 Å². The molecule has 120 valence electrons. The molecule has 3 amide bonds. The molecule has 0 bridgehead atoms. The summed E-state index contributed by atoms with van der Waals surface area (Å²) >= 11 is 0. The quantitative estimate of drug-likeness (QED) is 0.587. The second kappa shape index (κ2) is 9.51. The first kappa shape index (κ1) is 17.6. The lowest BCUT2D eigenvalue weighted by Crippen LogP contribution is -2.48. The Morgan fingerprint density at radius 2 is 1.64 bits per heavy atom. The molecule has 0 aliphatic carbocycles. The minimum absolute atomic E-state index is 0.201. The number of rotatable bonds is 8. The van der Waals surface area contributed by atoms with E-state index in [1.165, 1.54) is 14.1 Å². The summed E-state index contributed by atoms with van der Waals surface area (Å²) in [4.78, 5) is 34.6. The molecule has 7 heteroatoms. The lowest BCUT2D eigenvalue weighted by molar-refractivity contribution is -0.133. The van der Waals surface area contributed by atoms with Gasteiger partial charge in [0, 0.05) is 20.5 Å². The van der Waals surface area contributed by atoms with Crippen LogP contribution in [-0.4, -0.2) is 51.1 Å². The Morgan fingerprint density at radius 1 is 1.00 bits per heavy atom. The van der Waals surface area contributed by atoms with Crippen molar-refractivity contribution in [3.05, 3.63) is 35.9 Å². The second-order valence-electron chi connectivity index (χ2n) is 4.59. The highest BCUT2D eigenvalue weighted by molar-refractivity contribution is 5.88. The van der Waals surface area contributed by atoms with E-state index >= 15 is 0 Å². The van der Waals surface area contributed by atoms with E-state index in [2.05, 4.69) is 16.0 Å². The molecule has 1 atom stereocenters. The maximum Gasteiger partial charge on any atom is 0.246 e. The first-order chi connectivity index (χ1) is 10.6. The average molecular weight is 307 g/mol. The van der Waals surface area contributed by atoms with Crippen molar-refractivity contribution in [2.45, 2.75) is 12.5 Å². The maximum absolute atomic E-state index is 11.8. The monoisotopic (exact) mass is 307 g/mol. The molecule has 1 rings (SSSR count). The van der Waals surface area contributed by atoms with Crippen molar-refractivity contribution in [1.29, 1.82) is 0 Å². The molecule has 0 saturated carbocycles. The van der Waals surface area contributed by atoms with Crippen LogP contribution >= 0.6 is 0 Å². The molecule has 22 heavy (non-hydrogen) atoms. The fourth-order valence-electron chi connectivity index (χ4n) is 1.78. The summed E-state index contributed by atoms with van der Waals surface area (Å²) in [5.41, 5.74) is 0.933. The van der Waals surface area contributed by atoms with Gasteiger partial charge in [0.1, 0.15) is 19.3 Å². The maximum atomic E-state index is 11.8. The number of carbonyl (C=O) groups excluding carboxylic acids is 3. The molecule has 0 spiro atoms. The van der Waals surface area contributed by atoms with Gasteiger partial charge in [-0.1, -0.05) is 30.3 Å². The van der Waals surface area contributed by atoms with Gasteiger partial charge < -0.3 is 20.7 Å². The van der Waals surface area contributed by atoms with Crippen molar-refractivity contribution in [2.75, 3.05) is 27.3 Å². The van der Waals surface area contributed by atoms with Crippen LogP contribution in [0, 0.1) is 0 Å². The summed E-state index contributed by atoms with van der Waals surface area (Å²) < 4.78 is 4.96. The third-order valence-corrected chi connectivity index (χ3v) is 2.93. The highest BCUT2D eigenvalue weighted by atomic mass is 16.5. The summed E-state index contributed by atoms with van der Waals surface area (Å²) in [6.07, 6.45) is 0.377. The Balaban J connectivity index is 2.52. The SMILES string of the molecule is CNC(=O)COCC(=O)NC(Cc1ccccc1)C(=O)NC. The van der Waals surface area contributed by atoms with E-state index in [-0.39, 0.29) is 25.0 Å². The molecule has 0 aromatic heterocycles. The lowest BCUT2D eigenvalue weighted by Gasteiger charge is -2.17. The van der Waals surface area contributed by atoms with E-state index < -0.39 is 11.9 Å². The van der Waals surface area contributed by atoms with Crippen LogP contribution < -0.4 is 16.0 Å². The van der Waals surface area contributed by atoms with Gasteiger partial charge >= 0.3 is 0 Å². The zero-order valence-corrected chi connectivity index (χ0v) is 12.7. The van der Waals surface area contributed by atoms with E-state index in [1.807, 2.05) is 30.3 Å². The summed E-state index contributed by atoms with van der Waals surface area (Å²) in [6, 6.07) is 8.68. The summed E-state index contributed by atoms with van der Waals surface area (Å²) in [5, 5.41) is 7.50. The molecular weight excluding hydrogens is 286 g/mol. The first-order valence-electron chi connectivity index (χ1n) is 6.90. The van der Waals surface area contributed by atoms with Gasteiger partial charge in [0.2, 0.25) is 17.7 Å². The number of benzene rings is 1. The molecule has 0 aliphatic rings.